The molecule has 142 valence electrons. The SMILES string of the molecule is Cc1ccc(-n2cccn2)c(CN[C@@H](C)c2cnn(-c3ccccc3)c2C)c1. The van der Waals surface area contributed by atoms with E-state index < -0.39 is 0 Å². The Hall–Kier alpha value is -3.18. The maximum Gasteiger partial charge on any atom is 0.0690 e. The average molecular weight is 371 g/mol. The van der Waals surface area contributed by atoms with Gasteiger partial charge in [0.1, 0.15) is 0 Å². The van der Waals surface area contributed by atoms with Crippen LogP contribution in [0, 0.1) is 13.8 Å². The molecule has 4 rings (SSSR count). The Morgan fingerprint density at radius 2 is 1.82 bits per heavy atom. The van der Waals surface area contributed by atoms with Crippen molar-refractivity contribution in [3.05, 3.63) is 95.6 Å². The third-order valence-electron chi connectivity index (χ3n) is 5.10. The highest BCUT2D eigenvalue weighted by Crippen LogP contribution is 2.22. The second kappa shape index (κ2) is 7.82. The molecule has 0 aliphatic carbocycles. The maximum atomic E-state index is 4.60. The fraction of sp³-hybridized carbons (Fsp3) is 0.217. The zero-order chi connectivity index (χ0) is 19.5. The van der Waals surface area contributed by atoms with Crippen molar-refractivity contribution in [1.82, 2.24) is 24.9 Å². The van der Waals surface area contributed by atoms with E-state index in [1.807, 2.05) is 46.0 Å². The van der Waals surface area contributed by atoms with Gasteiger partial charge in [0.2, 0.25) is 0 Å². The summed E-state index contributed by atoms with van der Waals surface area (Å²) in [5.41, 5.74) is 7.02. The zero-order valence-corrected chi connectivity index (χ0v) is 16.5. The fourth-order valence-electron chi connectivity index (χ4n) is 3.54. The van der Waals surface area contributed by atoms with E-state index in [-0.39, 0.29) is 6.04 Å². The lowest BCUT2D eigenvalue weighted by atomic mass is 10.1. The second-order valence-electron chi connectivity index (χ2n) is 7.12. The van der Waals surface area contributed by atoms with Gasteiger partial charge < -0.3 is 5.32 Å². The number of nitrogens with one attached hydrogen (secondary N) is 1. The van der Waals surface area contributed by atoms with Crippen molar-refractivity contribution in [2.75, 3.05) is 0 Å². The molecule has 2 aromatic heterocycles. The molecule has 2 aromatic carbocycles. The molecule has 0 saturated carbocycles. The van der Waals surface area contributed by atoms with Gasteiger partial charge in [0.25, 0.3) is 0 Å². The quantitative estimate of drug-likeness (QED) is 0.542. The number of rotatable bonds is 6. The van der Waals surface area contributed by atoms with E-state index in [2.05, 4.69) is 66.6 Å². The Bertz CT molecular complexity index is 1050. The van der Waals surface area contributed by atoms with E-state index >= 15 is 0 Å². The van der Waals surface area contributed by atoms with Crippen LogP contribution in [0.5, 0.6) is 0 Å². The molecule has 0 amide bonds. The maximum absolute atomic E-state index is 4.60. The third-order valence-corrected chi connectivity index (χ3v) is 5.10. The molecule has 0 bridgehead atoms. The van der Waals surface area contributed by atoms with Gasteiger partial charge in [0, 0.05) is 36.2 Å². The minimum absolute atomic E-state index is 0.184. The summed E-state index contributed by atoms with van der Waals surface area (Å²) in [6.45, 7) is 7.18. The zero-order valence-electron chi connectivity index (χ0n) is 16.5. The smallest absolute Gasteiger partial charge is 0.0690 e. The van der Waals surface area contributed by atoms with Gasteiger partial charge in [0.05, 0.1) is 17.6 Å². The van der Waals surface area contributed by atoms with Crippen molar-refractivity contribution in [2.45, 2.75) is 33.4 Å². The lowest BCUT2D eigenvalue weighted by Crippen LogP contribution is -2.20. The summed E-state index contributed by atoms with van der Waals surface area (Å²) in [5.74, 6) is 0. The molecule has 1 N–H and O–H groups in total. The highest BCUT2D eigenvalue weighted by Gasteiger charge is 2.15. The van der Waals surface area contributed by atoms with Gasteiger partial charge in [-0.1, -0.05) is 35.9 Å². The Morgan fingerprint density at radius 3 is 2.57 bits per heavy atom. The van der Waals surface area contributed by atoms with Crippen molar-refractivity contribution in [3.63, 3.8) is 0 Å². The molecule has 5 nitrogen and oxygen atoms in total. The van der Waals surface area contributed by atoms with Crippen molar-refractivity contribution in [2.24, 2.45) is 0 Å². The fourth-order valence-corrected chi connectivity index (χ4v) is 3.54. The van der Waals surface area contributed by atoms with Crippen LogP contribution in [0.2, 0.25) is 0 Å². The molecule has 0 spiro atoms. The van der Waals surface area contributed by atoms with Crippen molar-refractivity contribution in [3.8, 4) is 11.4 Å². The molecular weight excluding hydrogens is 346 g/mol. The second-order valence-corrected chi connectivity index (χ2v) is 7.12. The van der Waals surface area contributed by atoms with Gasteiger partial charge in [-0.15, -0.1) is 0 Å². The molecular formula is C23H25N5. The van der Waals surface area contributed by atoms with Crippen LogP contribution in [0.1, 0.15) is 35.3 Å². The number of hydrogen-bond acceptors (Lipinski definition) is 3. The highest BCUT2D eigenvalue weighted by atomic mass is 15.3. The van der Waals surface area contributed by atoms with E-state index in [0.717, 1.165) is 23.6 Å². The molecule has 0 radical (unpaired) electrons. The molecule has 28 heavy (non-hydrogen) atoms. The lowest BCUT2D eigenvalue weighted by Gasteiger charge is -2.17. The number of benzene rings is 2. The predicted octanol–water partition coefficient (Wildman–Crippen LogP) is 4.53. The average Bonchev–Trinajstić information content (AvgIpc) is 3.37. The van der Waals surface area contributed by atoms with Crippen LogP contribution in [0.4, 0.5) is 0 Å². The van der Waals surface area contributed by atoms with Crippen molar-refractivity contribution in [1.29, 1.82) is 0 Å². The monoisotopic (exact) mass is 371 g/mol. The van der Waals surface area contributed by atoms with E-state index in [1.54, 1.807) is 6.20 Å². The topological polar surface area (TPSA) is 47.7 Å². The van der Waals surface area contributed by atoms with Crippen LogP contribution in [-0.4, -0.2) is 19.6 Å². The number of aryl methyl sites for hydroxylation is 1. The Morgan fingerprint density at radius 1 is 1.00 bits per heavy atom. The van der Waals surface area contributed by atoms with Crippen LogP contribution in [-0.2, 0) is 6.54 Å². The van der Waals surface area contributed by atoms with Crippen molar-refractivity contribution < 1.29 is 0 Å². The first kappa shape index (κ1) is 18.2. The number of nitrogens with zero attached hydrogens (tertiary/aromatic N) is 4. The summed E-state index contributed by atoms with van der Waals surface area (Å²) in [6, 6.07) is 18.8. The van der Waals surface area contributed by atoms with Crippen LogP contribution in [0.3, 0.4) is 0 Å². The molecule has 0 fully saturated rings. The summed E-state index contributed by atoms with van der Waals surface area (Å²) >= 11 is 0. The molecule has 4 aromatic rings. The molecule has 2 heterocycles. The predicted molar refractivity (Wildman–Crippen MR) is 112 cm³/mol. The summed E-state index contributed by atoms with van der Waals surface area (Å²) in [4.78, 5) is 0. The third kappa shape index (κ3) is 3.62. The van der Waals surface area contributed by atoms with E-state index in [0.29, 0.717) is 0 Å². The highest BCUT2D eigenvalue weighted by molar-refractivity contribution is 5.43. The van der Waals surface area contributed by atoms with Gasteiger partial charge in [-0.25, -0.2) is 9.36 Å². The Balaban J connectivity index is 1.54. The first-order chi connectivity index (χ1) is 13.6. The Kier molecular flexibility index (Phi) is 5.08. The minimum atomic E-state index is 0.184. The molecule has 0 saturated heterocycles. The first-order valence-electron chi connectivity index (χ1n) is 9.56. The largest absolute Gasteiger partial charge is 0.306 e. The van der Waals surface area contributed by atoms with Gasteiger partial charge in [-0.2, -0.15) is 10.2 Å². The summed E-state index contributed by atoms with van der Waals surface area (Å²) in [7, 11) is 0. The molecule has 0 aliphatic rings. The van der Waals surface area contributed by atoms with Crippen LogP contribution in [0.25, 0.3) is 11.4 Å². The number of para-hydroxylation sites is 1. The van der Waals surface area contributed by atoms with Gasteiger partial charge >= 0.3 is 0 Å². The van der Waals surface area contributed by atoms with Gasteiger partial charge in [0.15, 0.2) is 0 Å². The minimum Gasteiger partial charge on any atom is -0.306 e. The van der Waals surface area contributed by atoms with E-state index in [4.69, 9.17) is 0 Å². The molecule has 0 unspecified atom stereocenters. The normalized spacial score (nSPS) is 12.2. The molecule has 0 aliphatic heterocycles. The van der Waals surface area contributed by atoms with E-state index in [1.165, 1.54) is 16.7 Å². The summed E-state index contributed by atoms with van der Waals surface area (Å²) in [6.07, 6.45) is 5.75. The van der Waals surface area contributed by atoms with Gasteiger partial charge in [-0.05, 0) is 50.6 Å². The van der Waals surface area contributed by atoms with Crippen LogP contribution < -0.4 is 5.32 Å². The standard InChI is InChI=1S/C23H25N5/c1-17-10-11-23(27-13-7-12-25-27)20(14-17)15-24-18(2)22-16-26-28(19(22)3)21-8-5-4-6-9-21/h4-14,16,18,24H,15H2,1-3H3/t18-/m0/s1. The van der Waals surface area contributed by atoms with Crippen LogP contribution in [0.15, 0.2) is 73.2 Å². The summed E-state index contributed by atoms with van der Waals surface area (Å²) < 4.78 is 3.91. The Labute approximate surface area is 165 Å². The first-order valence-corrected chi connectivity index (χ1v) is 9.56. The number of aromatic nitrogens is 4. The molecule has 1 atom stereocenters. The van der Waals surface area contributed by atoms with Gasteiger partial charge in [-0.3, -0.25) is 0 Å². The number of hydrogen-bond donors (Lipinski definition) is 1. The van der Waals surface area contributed by atoms with Crippen molar-refractivity contribution >= 4 is 0 Å². The summed E-state index contributed by atoms with van der Waals surface area (Å²) in [5, 5.41) is 12.6. The van der Waals surface area contributed by atoms with Crippen LogP contribution >= 0.6 is 0 Å². The van der Waals surface area contributed by atoms with E-state index in [9.17, 15) is 0 Å². The molecule has 5 heteroatoms. The lowest BCUT2D eigenvalue weighted by molar-refractivity contribution is 0.569.